The summed E-state index contributed by atoms with van der Waals surface area (Å²) in [6.07, 6.45) is 5.19. The Bertz CT molecular complexity index is 342. The number of hydrogen-bond donors (Lipinski definition) is 0. The Hall–Kier alpha value is 0.140. The van der Waals surface area contributed by atoms with Crippen LogP contribution < -0.4 is 0 Å². The lowest BCUT2D eigenvalue weighted by Gasteiger charge is -2.39. The van der Waals surface area contributed by atoms with Crippen LogP contribution in [-0.4, -0.2) is 22.8 Å². The van der Waals surface area contributed by atoms with Gasteiger partial charge in [-0.1, -0.05) is 48.7 Å². The Kier molecular flexibility index (Phi) is 8.38. The number of alkyl halides is 1. The van der Waals surface area contributed by atoms with E-state index in [9.17, 15) is 0 Å². The van der Waals surface area contributed by atoms with Crippen LogP contribution in [0, 0.1) is 5.41 Å². The van der Waals surface area contributed by atoms with Crippen molar-refractivity contribution in [2.24, 2.45) is 5.41 Å². The second-order valence-corrected chi connectivity index (χ2v) is 7.80. The fourth-order valence-electron chi connectivity index (χ4n) is 2.97. The molecule has 0 atom stereocenters. The molecule has 3 heteroatoms. The van der Waals surface area contributed by atoms with Crippen LogP contribution in [0.2, 0.25) is 0 Å². The van der Waals surface area contributed by atoms with Crippen LogP contribution >= 0.6 is 27.3 Å². The predicted octanol–water partition coefficient (Wildman–Crippen LogP) is 5.94. The number of halogens is 1. The van der Waals surface area contributed by atoms with Crippen LogP contribution in [0.4, 0.5) is 0 Å². The Balaban J connectivity index is 2.79. The highest BCUT2D eigenvalue weighted by atomic mass is 79.9. The largest absolute Gasteiger partial charge is 0.295 e. The molecule has 20 heavy (non-hydrogen) atoms. The molecule has 0 saturated carbocycles. The molecule has 0 aliphatic rings. The van der Waals surface area contributed by atoms with Gasteiger partial charge in [0, 0.05) is 29.3 Å². The quantitative estimate of drug-likeness (QED) is 0.467. The molecular weight excluding hydrogens is 330 g/mol. The molecular formula is C17H30BrNS. The molecule has 0 aliphatic heterocycles. The zero-order chi connectivity index (χ0) is 15.0. The fourth-order valence-corrected chi connectivity index (χ4v) is 4.44. The third-order valence-corrected chi connectivity index (χ3v) is 6.10. The molecule has 0 amide bonds. The zero-order valence-corrected chi connectivity index (χ0v) is 15.9. The van der Waals surface area contributed by atoms with Crippen molar-refractivity contribution in [1.82, 2.24) is 4.90 Å². The van der Waals surface area contributed by atoms with E-state index >= 15 is 0 Å². The zero-order valence-electron chi connectivity index (χ0n) is 13.5. The van der Waals surface area contributed by atoms with Gasteiger partial charge in [-0.2, -0.15) is 0 Å². The van der Waals surface area contributed by atoms with Crippen molar-refractivity contribution in [3.8, 4) is 0 Å². The van der Waals surface area contributed by atoms with Crippen LogP contribution in [0.1, 0.15) is 58.3 Å². The molecule has 0 N–H and O–H groups in total. The number of hydrogen-bond acceptors (Lipinski definition) is 2. The summed E-state index contributed by atoms with van der Waals surface area (Å²) in [4.78, 5) is 4.13. The molecule has 0 aliphatic carbocycles. The van der Waals surface area contributed by atoms with Gasteiger partial charge < -0.3 is 0 Å². The van der Waals surface area contributed by atoms with Gasteiger partial charge in [-0.25, -0.2) is 0 Å². The van der Waals surface area contributed by atoms with Crippen molar-refractivity contribution in [2.45, 2.75) is 66.0 Å². The molecule has 0 spiro atoms. The molecule has 0 aromatic carbocycles. The Morgan fingerprint density at radius 1 is 1.25 bits per heavy atom. The second-order valence-electron chi connectivity index (χ2n) is 6.21. The molecule has 0 radical (unpaired) electrons. The summed E-state index contributed by atoms with van der Waals surface area (Å²) in [5.74, 6) is 0. The first-order chi connectivity index (χ1) is 9.56. The fraction of sp³-hybridized carbons (Fsp3) is 0.765. The molecule has 116 valence electrons. The van der Waals surface area contributed by atoms with Crippen molar-refractivity contribution >= 4 is 27.3 Å². The van der Waals surface area contributed by atoms with Crippen LogP contribution in [0.3, 0.4) is 0 Å². The van der Waals surface area contributed by atoms with Gasteiger partial charge in [0.1, 0.15) is 0 Å². The van der Waals surface area contributed by atoms with Crippen LogP contribution in [0.25, 0.3) is 0 Å². The minimum Gasteiger partial charge on any atom is -0.295 e. The minimum absolute atomic E-state index is 0.436. The van der Waals surface area contributed by atoms with E-state index in [0.717, 1.165) is 11.9 Å². The van der Waals surface area contributed by atoms with E-state index in [2.05, 4.69) is 66.0 Å². The first-order valence-corrected chi connectivity index (χ1v) is 9.89. The van der Waals surface area contributed by atoms with Gasteiger partial charge in [-0.15, -0.1) is 11.3 Å². The van der Waals surface area contributed by atoms with Crippen molar-refractivity contribution in [2.75, 3.05) is 11.9 Å². The summed E-state index contributed by atoms with van der Waals surface area (Å²) in [5.41, 5.74) is 0.436. The Labute approximate surface area is 137 Å². The first-order valence-electron chi connectivity index (χ1n) is 7.89. The molecule has 0 bridgehead atoms. The summed E-state index contributed by atoms with van der Waals surface area (Å²) < 4.78 is 0. The maximum atomic E-state index is 3.81. The second kappa shape index (κ2) is 9.22. The number of rotatable bonds is 10. The third kappa shape index (κ3) is 5.50. The molecule has 0 fully saturated rings. The molecule has 0 unspecified atom stereocenters. The van der Waals surface area contributed by atoms with E-state index in [0.29, 0.717) is 11.5 Å². The molecule has 1 aromatic heterocycles. The van der Waals surface area contributed by atoms with Gasteiger partial charge in [0.15, 0.2) is 0 Å². The van der Waals surface area contributed by atoms with Gasteiger partial charge in [0.2, 0.25) is 0 Å². The average Bonchev–Trinajstić information content (AvgIpc) is 2.91. The molecule has 1 nitrogen and oxygen atoms in total. The lowest BCUT2D eigenvalue weighted by Crippen LogP contribution is -2.42. The molecule has 1 rings (SSSR count). The number of thiophene rings is 1. The highest BCUT2D eigenvalue weighted by Gasteiger charge is 2.30. The van der Waals surface area contributed by atoms with E-state index < -0.39 is 0 Å². The SMILES string of the molecule is CCCC(CBr)(CCC)CN(Cc1cccs1)C(C)C. The Morgan fingerprint density at radius 3 is 2.30 bits per heavy atom. The van der Waals surface area contributed by atoms with Gasteiger partial charge >= 0.3 is 0 Å². The molecule has 0 saturated heterocycles. The predicted molar refractivity (Wildman–Crippen MR) is 95.9 cm³/mol. The minimum atomic E-state index is 0.436. The topological polar surface area (TPSA) is 3.24 Å². The summed E-state index contributed by atoms with van der Waals surface area (Å²) >= 11 is 5.68. The van der Waals surface area contributed by atoms with E-state index in [1.165, 1.54) is 37.1 Å². The number of nitrogens with zero attached hydrogens (tertiary/aromatic N) is 1. The van der Waals surface area contributed by atoms with Crippen molar-refractivity contribution in [3.63, 3.8) is 0 Å². The van der Waals surface area contributed by atoms with Crippen LogP contribution in [-0.2, 0) is 6.54 Å². The standard InChI is InChI=1S/C17H30BrNS/c1-5-9-17(13-18,10-6-2)14-19(15(3)4)12-16-8-7-11-20-16/h7-8,11,15H,5-6,9-10,12-14H2,1-4H3. The third-order valence-electron chi connectivity index (χ3n) is 4.05. The highest BCUT2D eigenvalue weighted by molar-refractivity contribution is 9.09. The average molecular weight is 360 g/mol. The maximum absolute atomic E-state index is 3.81. The Morgan fingerprint density at radius 2 is 1.90 bits per heavy atom. The highest BCUT2D eigenvalue weighted by Crippen LogP contribution is 2.34. The van der Waals surface area contributed by atoms with Crippen LogP contribution in [0.15, 0.2) is 17.5 Å². The van der Waals surface area contributed by atoms with E-state index in [-0.39, 0.29) is 0 Å². The summed E-state index contributed by atoms with van der Waals surface area (Å²) in [6, 6.07) is 5.02. The smallest absolute Gasteiger partial charge is 0.0330 e. The lowest BCUT2D eigenvalue weighted by atomic mass is 9.80. The normalized spacial score (nSPS) is 12.6. The van der Waals surface area contributed by atoms with Crippen LogP contribution in [0.5, 0.6) is 0 Å². The van der Waals surface area contributed by atoms with Gasteiger partial charge in [-0.05, 0) is 43.6 Å². The lowest BCUT2D eigenvalue weighted by molar-refractivity contribution is 0.115. The monoisotopic (exact) mass is 359 g/mol. The van der Waals surface area contributed by atoms with Gasteiger partial charge in [0.25, 0.3) is 0 Å². The summed E-state index contributed by atoms with van der Waals surface area (Å²) in [6.45, 7) is 11.6. The molecule has 1 aromatic rings. The van der Waals surface area contributed by atoms with Gasteiger partial charge in [0.05, 0.1) is 0 Å². The van der Waals surface area contributed by atoms with Gasteiger partial charge in [-0.3, -0.25) is 4.90 Å². The van der Waals surface area contributed by atoms with Crippen molar-refractivity contribution < 1.29 is 0 Å². The summed E-state index contributed by atoms with van der Waals surface area (Å²) in [5, 5.41) is 3.30. The first kappa shape index (κ1) is 18.2. The summed E-state index contributed by atoms with van der Waals surface area (Å²) in [7, 11) is 0. The van der Waals surface area contributed by atoms with Crippen molar-refractivity contribution in [3.05, 3.63) is 22.4 Å². The van der Waals surface area contributed by atoms with E-state index in [4.69, 9.17) is 0 Å². The van der Waals surface area contributed by atoms with E-state index in [1.54, 1.807) is 0 Å². The molecule has 1 heterocycles. The maximum Gasteiger partial charge on any atom is 0.0330 e. The van der Waals surface area contributed by atoms with Crippen molar-refractivity contribution in [1.29, 1.82) is 0 Å². The van der Waals surface area contributed by atoms with E-state index in [1.807, 2.05) is 11.3 Å².